The zero-order valence-electron chi connectivity index (χ0n) is 12.2. The van der Waals surface area contributed by atoms with Gasteiger partial charge in [0.15, 0.2) is 0 Å². The van der Waals surface area contributed by atoms with Gasteiger partial charge in [-0.3, -0.25) is 0 Å². The molecule has 0 saturated carbocycles. The predicted molar refractivity (Wildman–Crippen MR) is 79.5 cm³/mol. The van der Waals surface area contributed by atoms with Gasteiger partial charge in [-0.2, -0.15) is 0 Å². The van der Waals surface area contributed by atoms with Crippen LogP contribution < -0.4 is 14.8 Å². The summed E-state index contributed by atoms with van der Waals surface area (Å²) in [6, 6.07) is 5.69. The molecule has 0 aliphatic heterocycles. The molecule has 0 aliphatic rings. The highest BCUT2D eigenvalue weighted by atomic mass is 16.5. The number of rotatable bonds is 5. The average Bonchev–Trinajstić information content (AvgIpc) is 2.49. The summed E-state index contributed by atoms with van der Waals surface area (Å²) < 4.78 is 10.7. The van der Waals surface area contributed by atoms with Crippen molar-refractivity contribution in [2.45, 2.75) is 13.8 Å². The summed E-state index contributed by atoms with van der Waals surface area (Å²) in [7, 11) is 3.27. The Balaban J connectivity index is 2.53. The summed E-state index contributed by atoms with van der Waals surface area (Å²) in [5.41, 5.74) is 2.78. The first-order valence-corrected chi connectivity index (χ1v) is 6.49. The molecule has 0 atom stereocenters. The second-order valence-electron chi connectivity index (χ2n) is 4.29. The summed E-state index contributed by atoms with van der Waals surface area (Å²) in [5.74, 6) is 2.33. The highest BCUT2D eigenvalue weighted by Crippen LogP contribution is 2.34. The van der Waals surface area contributed by atoms with Crippen LogP contribution in [0.5, 0.6) is 11.5 Å². The summed E-state index contributed by atoms with van der Waals surface area (Å²) in [5, 5.41) is 3.23. The quantitative estimate of drug-likeness (QED) is 0.907. The zero-order chi connectivity index (χ0) is 14.5. The van der Waals surface area contributed by atoms with Crippen LogP contribution in [0.2, 0.25) is 0 Å². The van der Waals surface area contributed by atoms with E-state index >= 15 is 0 Å². The summed E-state index contributed by atoms with van der Waals surface area (Å²) >= 11 is 0. The maximum Gasteiger partial charge on any atom is 0.132 e. The fraction of sp³-hybridized carbons (Fsp3) is 0.333. The lowest BCUT2D eigenvalue weighted by Gasteiger charge is -2.13. The highest BCUT2D eigenvalue weighted by molar-refractivity contribution is 5.74. The molecule has 2 rings (SSSR count). The van der Waals surface area contributed by atoms with Crippen molar-refractivity contribution >= 4 is 5.82 Å². The lowest BCUT2D eigenvalue weighted by atomic mass is 10.1. The van der Waals surface area contributed by atoms with Gasteiger partial charge in [0.05, 0.1) is 19.9 Å². The van der Waals surface area contributed by atoms with Crippen LogP contribution in [0.4, 0.5) is 5.82 Å². The molecule has 2 aromatic rings. The zero-order valence-corrected chi connectivity index (χ0v) is 12.2. The molecule has 106 valence electrons. The van der Waals surface area contributed by atoms with Gasteiger partial charge in [0.1, 0.15) is 23.6 Å². The van der Waals surface area contributed by atoms with Crippen molar-refractivity contribution in [2.75, 3.05) is 26.1 Å². The van der Waals surface area contributed by atoms with E-state index in [4.69, 9.17) is 9.47 Å². The Bertz CT molecular complexity index is 600. The molecule has 20 heavy (non-hydrogen) atoms. The molecule has 0 unspecified atom stereocenters. The van der Waals surface area contributed by atoms with Crippen molar-refractivity contribution in [1.29, 1.82) is 0 Å². The normalized spacial score (nSPS) is 10.2. The van der Waals surface area contributed by atoms with Crippen LogP contribution >= 0.6 is 0 Å². The van der Waals surface area contributed by atoms with E-state index in [1.807, 2.05) is 32.0 Å². The predicted octanol–water partition coefficient (Wildman–Crippen LogP) is 2.90. The molecule has 0 saturated heterocycles. The first-order chi connectivity index (χ1) is 9.71. The molecule has 1 heterocycles. The molecule has 0 radical (unpaired) electrons. The van der Waals surface area contributed by atoms with Gasteiger partial charge in [0.2, 0.25) is 0 Å². The van der Waals surface area contributed by atoms with E-state index < -0.39 is 0 Å². The van der Waals surface area contributed by atoms with E-state index in [1.165, 1.54) is 0 Å². The van der Waals surface area contributed by atoms with Gasteiger partial charge >= 0.3 is 0 Å². The fourth-order valence-electron chi connectivity index (χ4n) is 2.06. The van der Waals surface area contributed by atoms with E-state index in [0.717, 1.165) is 40.7 Å². The number of ether oxygens (including phenoxy) is 2. The Morgan fingerprint density at radius 3 is 2.60 bits per heavy atom. The Hall–Kier alpha value is -2.30. The molecular weight excluding hydrogens is 254 g/mol. The van der Waals surface area contributed by atoms with Crippen molar-refractivity contribution in [1.82, 2.24) is 9.97 Å². The standard InChI is InChI=1S/C15H19N3O2/c1-5-16-15-10(2)14(17-9-18-15)12-7-6-11(19-3)8-13(12)20-4/h6-9H,5H2,1-4H3,(H,16,17,18). The number of hydrogen-bond donors (Lipinski definition) is 1. The topological polar surface area (TPSA) is 56.3 Å². The molecule has 5 nitrogen and oxygen atoms in total. The molecule has 1 N–H and O–H groups in total. The third-order valence-corrected chi connectivity index (χ3v) is 3.09. The van der Waals surface area contributed by atoms with Gasteiger partial charge in [-0.25, -0.2) is 9.97 Å². The summed E-state index contributed by atoms with van der Waals surface area (Å²) in [6.07, 6.45) is 1.56. The summed E-state index contributed by atoms with van der Waals surface area (Å²) in [6.45, 7) is 4.85. The van der Waals surface area contributed by atoms with Gasteiger partial charge in [-0.05, 0) is 26.0 Å². The molecular formula is C15H19N3O2. The van der Waals surface area contributed by atoms with Crippen molar-refractivity contribution in [2.24, 2.45) is 0 Å². The average molecular weight is 273 g/mol. The minimum Gasteiger partial charge on any atom is -0.497 e. The van der Waals surface area contributed by atoms with Crippen molar-refractivity contribution in [3.63, 3.8) is 0 Å². The van der Waals surface area contributed by atoms with E-state index in [0.29, 0.717) is 0 Å². The SMILES string of the molecule is CCNc1ncnc(-c2ccc(OC)cc2OC)c1C. The molecule has 0 aliphatic carbocycles. The maximum absolute atomic E-state index is 5.44. The number of anilines is 1. The number of nitrogens with one attached hydrogen (secondary N) is 1. The van der Waals surface area contributed by atoms with Gasteiger partial charge in [0.25, 0.3) is 0 Å². The lowest BCUT2D eigenvalue weighted by molar-refractivity contribution is 0.395. The maximum atomic E-state index is 5.44. The van der Waals surface area contributed by atoms with Crippen LogP contribution in [0.3, 0.4) is 0 Å². The second kappa shape index (κ2) is 6.23. The number of aromatic nitrogens is 2. The van der Waals surface area contributed by atoms with Crippen molar-refractivity contribution < 1.29 is 9.47 Å². The van der Waals surface area contributed by atoms with E-state index in [9.17, 15) is 0 Å². The second-order valence-corrected chi connectivity index (χ2v) is 4.29. The molecule has 0 spiro atoms. The van der Waals surface area contributed by atoms with Crippen molar-refractivity contribution in [3.8, 4) is 22.8 Å². The Morgan fingerprint density at radius 1 is 1.15 bits per heavy atom. The molecule has 1 aromatic carbocycles. The first-order valence-electron chi connectivity index (χ1n) is 6.49. The van der Waals surface area contributed by atoms with Crippen LogP contribution in [0.15, 0.2) is 24.5 Å². The number of hydrogen-bond acceptors (Lipinski definition) is 5. The smallest absolute Gasteiger partial charge is 0.132 e. The Morgan fingerprint density at radius 2 is 1.95 bits per heavy atom. The number of benzene rings is 1. The molecule has 0 amide bonds. The minimum atomic E-state index is 0.730. The van der Waals surface area contributed by atoms with Crippen LogP contribution in [-0.2, 0) is 0 Å². The van der Waals surface area contributed by atoms with Crippen LogP contribution in [0.1, 0.15) is 12.5 Å². The number of methoxy groups -OCH3 is 2. The van der Waals surface area contributed by atoms with Crippen molar-refractivity contribution in [3.05, 3.63) is 30.1 Å². The van der Waals surface area contributed by atoms with Gasteiger partial charge in [-0.1, -0.05) is 0 Å². The first kappa shape index (κ1) is 14.1. The highest BCUT2D eigenvalue weighted by Gasteiger charge is 2.13. The largest absolute Gasteiger partial charge is 0.497 e. The van der Waals surface area contributed by atoms with Gasteiger partial charge in [0, 0.05) is 23.7 Å². The molecule has 5 heteroatoms. The lowest BCUT2D eigenvalue weighted by Crippen LogP contribution is -2.04. The third-order valence-electron chi connectivity index (χ3n) is 3.09. The van der Waals surface area contributed by atoms with Gasteiger partial charge in [-0.15, -0.1) is 0 Å². The Kier molecular flexibility index (Phi) is 4.40. The molecule has 0 fully saturated rings. The minimum absolute atomic E-state index is 0.730. The monoisotopic (exact) mass is 273 g/mol. The van der Waals surface area contributed by atoms with E-state index in [1.54, 1.807) is 20.5 Å². The van der Waals surface area contributed by atoms with Crippen LogP contribution in [0.25, 0.3) is 11.3 Å². The van der Waals surface area contributed by atoms with Gasteiger partial charge < -0.3 is 14.8 Å². The van der Waals surface area contributed by atoms with E-state index in [-0.39, 0.29) is 0 Å². The van der Waals surface area contributed by atoms with Crippen LogP contribution in [-0.4, -0.2) is 30.7 Å². The van der Waals surface area contributed by atoms with Crippen LogP contribution in [0, 0.1) is 6.92 Å². The number of nitrogens with zero attached hydrogens (tertiary/aromatic N) is 2. The third kappa shape index (κ3) is 2.66. The van der Waals surface area contributed by atoms with E-state index in [2.05, 4.69) is 15.3 Å². The fourth-order valence-corrected chi connectivity index (χ4v) is 2.06. The summed E-state index contributed by atoms with van der Waals surface area (Å²) in [4.78, 5) is 8.64. The molecule has 1 aromatic heterocycles. The molecule has 0 bridgehead atoms. The Labute approximate surface area is 119 Å².